The number of rotatable bonds is 6. The van der Waals surface area contributed by atoms with Gasteiger partial charge in [-0.3, -0.25) is 0 Å². The first-order chi connectivity index (χ1) is 11.1. The van der Waals surface area contributed by atoms with Crippen LogP contribution in [0.2, 0.25) is 0 Å². The molecule has 0 amide bonds. The SMILES string of the molecule is CCNC(=NCc1ccc(OC)cc1)NCc1nc(C)c(C)o1. The van der Waals surface area contributed by atoms with Gasteiger partial charge in [-0.1, -0.05) is 12.1 Å². The molecule has 0 bridgehead atoms. The molecule has 0 unspecified atom stereocenters. The summed E-state index contributed by atoms with van der Waals surface area (Å²) in [6, 6.07) is 7.88. The fraction of sp³-hybridized carbons (Fsp3) is 0.412. The second-order valence-corrected chi connectivity index (χ2v) is 5.15. The normalized spacial score (nSPS) is 11.4. The third-order valence-corrected chi connectivity index (χ3v) is 3.40. The largest absolute Gasteiger partial charge is 0.497 e. The Morgan fingerprint density at radius 1 is 1.22 bits per heavy atom. The Bertz CT molecular complexity index is 628. The fourth-order valence-electron chi connectivity index (χ4n) is 2.02. The lowest BCUT2D eigenvalue weighted by molar-refractivity contribution is 0.414. The quantitative estimate of drug-likeness (QED) is 0.633. The van der Waals surface area contributed by atoms with Crippen molar-refractivity contribution < 1.29 is 9.15 Å². The van der Waals surface area contributed by atoms with E-state index in [0.29, 0.717) is 19.0 Å². The highest BCUT2D eigenvalue weighted by Gasteiger charge is 2.06. The van der Waals surface area contributed by atoms with Gasteiger partial charge in [0.05, 0.1) is 25.9 Å². The number of hydrogen-bond donors (Lipinski definition) is 2. The second kappa shape index (κ2) is 8.22. The number of aliphatic imine (C=N–C) groups is 1. The molecule has 0 aliphatic carbocycles. The molecule has 0 atom stereocenters. The van der Waals surface area contributed by atoms with Gasteiger partial charge in [0.2, 0.25) is 5.89 Å². The lowest BCUT2D eigenvalue weighted by Crippen LogP contribution is -2.36. The van der Waals surface area contributed by atoms with Crippen LogP contribution in [-0.4, -0.2) is 24.6 Å². The van der Waals surface area contributed by atoms with Gasteiger partial charge in [-0.25, -0.2) is 9.98 Å². The molecule has 2 aromatic rings. The number of aryl methyl sites for hydroxylation is 2. The highest BCUT2D eigenvalue weighted by molar-refractivity contribution is 5.79. The van der Waals surface area contributed by atoms with E-state index in [-0.39, 0.29) is 0 Å². The van der Waals surface area contributed by atoms with Crippen LogP contribution in [0.1, 0.15) is 29.8 Å². The van der Waals surface area contributed by atoms with Crippen molar-refractivity contribution in [2.24, 2.45) is 4.99 Å². The number of aromatic nitrogens is 1. The van der Waals surface area contributed by atoms with E-state index in [9.17, 15) is 0 Å². The summed E-state index contributed by atoms with van der Waals surface area (Å²) in [5, 5.41) is 6.44. The van der Waals surface area contributed by atoms with Crippen molar-refractivity contribution >= 4 is 5.96 Å². The minimum Gasteiger partial charge on any atom is -0.497 e. The highest BCUT2D eigenvalue weighted by Crippen LogP contribution is 2.12. The van der Waals surface area contributed by atoms with E-state index < -0.39 is 0 Å². The maximum absolute atomic E-state index is 5.56. The van der Waals surface area contributed by atoms with Gasteiger partial charge in [0, 0.05) is 6.54 Å². The van der Waals surface area contributed by atoms with Crippen LogP contribution >= 0.6 is 0 Å². The van der Waals surface area contributed by atoms with Gasteiger partial charge >= 0.3 is 0 Å². The molecule has 1 aromatic heterocycles. The molecule has 6 heteroatoms. The molecule has 0 aliphatic heterocycles. The Kier molecular flexibility index (Phi) is 6.02. The molecule has 0 radical (unpaired) electrons. The molecule has 1 aromatic carbocycles. The van der Waals surface area contributed by atoms with Crippen LogP contribution in [0.15, 0.2) is 33.7 Å². The molecule has 0 saturated carbocycles. The van der Waals surface area contributed by atoms with Gasteiger partial charge in [0.25, 0.3) is 0 Å². The molecule has 2 N–H and O–H groups in total. The van der Waals surface area contributed by atoms with Gasteiger partial charge in [0.15, 0.2) is 5.96 Å². The van der Waals surface area contributed by atoms with Crippen molar-refractivity contribution in [2.45, 2.75) is 33.9 Å². The van der Waals surface area contributed by atoms with Crippen LogP contribution in [0.3, 0.4) is 0 Å². The van der Waals surface area contributed by atoms with Crippen molar-refractivity contribution in [3.63, 3.8) is 0 Å². The number of hydrogen-bond acceptors (Lipinski definition) is 4. The topological polar surface area (TPSA) is 71.7 Å². The van der Waals surface area contributed by atoms with Crippen molar-refractivity contribution in [2.75, 3.05) is 13.7 Å². The van der Waals surface area contributed by atoms with Gasteiger partial charge < -0.3 is 19.8 Å². The Labute approximate surface area is 137 Å². The Balaban J connectivity index is 1.95. The molecule has 0 saturated heterocycles. The van der Waals surface area contributed by atoms with E-state index in [1.165, 1.54) is 0 Å². The number of nitrogens with zero attached hydrogens (tertiary/aromatic N) is 2. The van der Waals surface area contributed by atoms with Crippen LogP contribution in [-0.2, 0) is 13.1 Å². The van der Waals surface area contributed by atoms with Gasteiger partial charge in [-0.2, -0.15) is 0 Å². The number of benzene rings is 1. The molecule has 1 heterocycles. The highest BCUT2D eigenvalue weighted by atomic mass is 16.5. The molecular formula is C17H24N4O2. The summed E-state index contributed by atoms with van der Waals surface area (Å²) >= 11 is 0. The van der Waals surface area contributed by atoms with E-state index in [0.717, 1.165) is 35.3 Å². The summed E-state index contributed by atoms with van der Waals surface area (Å²) in [4.78, 5) is 8.92. The number of nitrogens with one attached hydrogen (secondary N) is 2. The fourth-order valence-corrected chi connectivity index (χ4v) is 2.02. The first-order valence-electron chi connectivity index (χ1n) is 7.70. The Morgan fingerprint density at radius 3 is 2.52 bits per heavy atom. The zero-order valence-corrected chi connectivity index (χ0v) is 14.1. The number of guanidine groups is 1. The minimum absolute atomic E-state index is 0.503. The predicted molar refractivity (Wildman–Crippen MR) is 90.6 cm³/mol. The minimum atomic E-state index is 0.503. The van der Waals surface area contributed by atoms with E-state index >= 15 is 0 Å². The number of methoxy groups -OCH3 is 1. The maximum Gasteiger partial charge on any atom is 0.214 e. The van der Waals surface area contributed by atoms with Gasteiger partial charge in [0.1, 0.15) is 11.5 Å². The number of ether oxygens (including phenoxy) is 1. The summed E-state index contributed by atoms with van der Waals surface area (Å²) in [5.74, 6) is 3.09. The molecule has 124 valence electrons. The summed E-state index contributed by atoms with van der Waals surface area (Å²) in [5.41, 5.74) is 2.03. The maximum atomic E-state index is 5.56. The molecule has 0 spiro atoms. The average molecular weight is 316 g/mol. The summed E-state index contributed by atoms with van der Waals surface area (Å²) in [6.45, 7) is 7.76. The second-order valence-electron chi connectivity index (χ2n) is 5.15. The smallest absolute Gasteiger partial charge is 0.214 e. The monoisotopic (exact) mass is 316 g/mol. The molecule has 6 nitrogen and oxygen atoms in total. The summed E-state index contributed by atoms with van der Waals surface area (Å²) in [6.07, 6.45) is 0. The van der Waals surface area contributed by atoms with Gasteiger partial charge in [-0.05, 0) is 38.5 Å². The third-order valence-electron chi connectivity index (χ3n) is 3.40. The van der Waals surface area contributed by atoms with E-state index in [1.807, 2.05) is 45.0 Å². The van der Waals surface area contributed by atoms with E-state index in [2.05, 4.69) is 20.6 Å². The summed E-state index contributed by atoms with van der Waals surface area (Å²) < 4.78 is 10.7. The van der Waals surface area contributed by atoms with Crippen molar-refractivity contribution in [3.05, 3.63) is 47.2 Å². The van der Waals surface area contributed by atoms with E-state index in [4.69, 9.17) is 9.15 Å². The number of oxazole rings is 1. The lowest BCUT2D eigenvalue weighted by Gasteiger charge is -2.10. The first-order valence-corrected chi connectivity index (χ1v) is 7.70. The molecule has 0 aliphatic rings. The van der Waals surface area contributed by atoms with Crippen LogP contribution in [0.25, 0.3) is 0 Å². The lowest BCUT2D eigenvalue weighted by atomic mass is 10.2. The molecule has 23 heavy (non-hydrogen) atoms. The standard InChI is InChI=1S/C17H24N4O2/c1-5-18-17(20-11-16-21-12(2)13(3)23-16)19-10-14-6-8-15(22-4)9-7-14/h6-9H,5,10-11H2,1-4H3,(H2,18,19,20). The van der Waals surface area contributed by atoms with Crippen molar-refractivity contribution in [1.29, 1.82) is 0 Å². The van der Waals surface area contributed by atoms with Crippen molar-refractivity contribution in [1.82, 2.24) is 15.6 Å². The van der Waals surface area contributed by atoms with Crippen LogP contribution in [0.5, 0.6) is 5.75 Å². The van der Waals surface area contributed by atoms with Crippen molar-refractivity contribution in [3.8, 4) is 5.75 Å². The zero-order chi connectivity index (χ0) is 16.7. The molecule has 2 rings (SSSR count). The van der Waals surface area contributed by atoms with E-state index in [1.54, 1.807) is 7.11 Å². The first kappa shape index (κ1) is 16.9. The third kappa shape index (κ3) is 5.02. The molecule has 0 fully saturated rings. The van der Waals surface area contributed by atoms with Gasteiger partial charge in [-0.15, -0.1) is 0 Å². The zero-order valence-electron chi connectivity index (χ0n) is 14.1. The molecular weight excluding hydrogens is 292 g/mol. The van der Waals surface area contributed by atoms with Crippen LogP contribution in [0.4, 0.5) is 0 Å². The summed E-state index contributed by atoms with van der Waals surface area (Å²) in [7, 11) is 1.66. The van der Waals surface area contributed by atoms with Crippen LogP contribution < -0.4 is 15.4 Å². The average Bonchev–Trinajstić information content (AvgIpc) is 2.89. The van der Waals surface area contributed by atoms with Crippen LogP contribution in [0, 0.1) is 13.8 Å². The Hall–Kier alpha value is -2.50. The Morgan fingerprint density at radius 2 is 1.96 bits per heavy atom. The predicted octanol–water partition coefficient (Wildman–Crippen LogP) is 2.56.